The molecule has 1 heterocycles. The molecule has 0 spiro atoms. The van der Waals surface area contributed by atoms with Crippen LogP contribution >= 0.6 is 15.9 Å². The first kappa shape index (κ1) is 14.3. The van der Waals surface area contributed by atoms with Gasteiger partial charge in [0.25, 0.3) is 5.91 Å². The third kappa shape index (κ3) is 3.67. The highest BCUT2D eigenvalue weighted by molar-refractivity contribution is 9.10. The predicted molar refractivity (Wildman–Crippen MR) is 71.6 cm³/mol. The molecule has 1 amide bonds. The van der Waals surface area contributed by atoms with Crippen molar-refractivity contribution in [1.29, 1.82) is 0 Å². The van der Waals surface area contributed by atoms with Gasteiger partial charge in [0, 0.05) is 17.6 Å². The first-order valence-electron chi connectivity index (χ1n) is 6.06. The second-order valence-electron chi connectivity index (χ2n) is 4.27. The number of carbonyl (C=O) groups excluding carboxylic acids is 1. The molecular weight excluding hydrogens is 317 g/mol. The summed E-state index contributed by atoms with van der Waals surface area (Å²) in [5.41, 5.74) is 0. The third-order valence-electron chi connectivity index (χ3n) is 2.87. The quantitative estimate of drug-likeness (QED) is 0.852. The van der Waals surface area contributed by atoms with Gasteiger partial charge in [-0.25, -0.2) is 4.39 Å². The number of rotatable bonds is 3. The Balaban J connectivity index is 1.99. The summed E-state index contributed by atoms with van der Waals surface area (Å²) >= 11 is 3.17. The van der Waals surface area contributed by atoms with E-state index in [9.17, 15) is 9.18 Å². The minimum Gasteiger partial charge on any atom is -0.478 e. The topological polar surface area (TPSA) is 38.8 Å². The van der Waals surface area contributed by atoms with Gasteiger partial charge in [-0.2, -0.15) is 0 Å². The average molecular weight is 332 g/mol. The number of nitrogens with zero attached hydrogens (tertiary/aromatic N) is 1. The Bertz CT molecular complexity index is 463. The van der Waals surface area contributed by atoms with Crippen LogP contribution in [-0.2, 0) is 9.53 Å². The SMILES string of the molecule is C[C@@H](Oc1ccc(Br)cc1F)C(=O)N1CCOCC1. The number of carbonyl (C=O) groups is 1. The second kappa shape index (κ2) is 6.34. The first-order valence-corrected chi connectivity index (χ1v) is 6.85. The van der Waals surface area contributed by atoms with Gasteiger partial charge >= 0.3 is 0 Å². The molecule has 19 heavy (non-hydrogen) atoms. The van der Waals surface area contributed by atoms with E-state index in [0.717, 1.165) is 0 Å². The maximum atomic E-state index is 13.6. The average Bonchev–Trinajstić information content (AvgIpc) is 2.42. The summed E-state index contributed by atoms with van der Waals surface area (Å²) in [6, 6.07) is 4.48. The molecule has 1 aliphatic rings. The van der Waals surface area contributed by atoms with Crippen molar-refractivity contribution in [2.24, 2.45) is 0 Å². The zero-order valence-electron chi connectivity index (χ0n) is 10.6. The predicted octanol–water partition coefficient (Wildman–Crippen LogP) is 2.21. The molecule has 1 aromatic carbocycles. The van der Waals surface area contributed by atoms with E-state index >= 15 is 0 Å². The summed E-state index contributed by atoms with van der Waals surface area (Å²) in [6.07, 6.45) is -0.714. The Morgan fingerprint density at radius 2 is 2.16 bits per heavy atom. The highest BCUT2D eigenvalue weighted by atomic mass is 79.9. The van der Waals surface area contributed by atoms with Crippen LogP contribution < -0.4 is 4.74 Å². The molecule has 4 nitrogen and oxygen atoms in total. The maximum absolute atomic E-state index is 13.6. The highest BCUT2D eigenvalue weighted by Gasteiger charge is 2.24. The van der Waals surface area contributed by atoms with Crippen molar-refractivity contribution in [3.8, 4) is 5.75 Å². The molecule has 0 radical (unpaired) electrons. The van der Waals surface area contributed by atoms with Crippen molar-refractivity contribution in [3.63, 3.8) is 0 Å². The van der Waals surface area contributed by atoms with Crippen molar-refractivity contribution in [3.05, 3.63) is 28.5 Å². The van der Waals surface area contributed by atoms with Crippen LogP contribution in [0.15, 0.2) is 22.7 Å². The Morgan fingerprint density at radius 3 is 2.79 bits per heavy atom. The molecule has 0 bridgehead atoms. The Labute approximate surface area is 119 Å². The van der Waals surface area contributed by atoms with Gasteiger partial charge in [0.2, 0.25) is 0 Å². The molecule has 1 aromatic rings. The van der Waals surface area contributed by atoms with E-state index in [2.05, 4.69) is 15.9 Å². The van der Waals surface area contributed by atoms with E-state index in [4.69, 9.17) is 9.47 Å². The van der Waals surface area contributed by atoms with Crippen molar-refractivity contribution in [2.75, 3.05) is 26.3 Å². The normalized spacial score (nSPS) is 17.1. The number of halogens is 2. The Kier molecular flexibility index (Phi) is 4.76. The molecule has 1 saturated heterocycles. The summed E-state index contributed by atoms with van der Waals surface area (Å²) in [4.78, 5) is 13.8. The molecule has 104 valence electrons. The van der Waals surface area contributed by atoms with Crippen molar-refractivity contribution in [1.82, 2.24) is 4.90 Å². The van der Waals surface area contributed by atoms with E-state index in [1.165, 1.54) is 12.1 Å². The van der Waals surface area contributed by atoms with Crippen LogP contribution in [0.2, 0.25) is 0 Å². The lowest BCUT2D eigenvalue weighted by molar-refractivity contribution is -0.142. The standard InChI is InChI=1S/C13H15BrFNO3/c1-9(13(17)16-4-6-18-7-5-16)19-12-3-2-10(14)8-11(12)15/h2-3,8-9H,4-7H2,1H3/t9-/m1/s1. The van der Waals surface area contributed by atoms with E-state index < -0.39 is 11.9 Å². The largest absolute Gasteiger partial charge is 0.478 e. The lowest BCUT2D eigenvalue weighted by Crippen LogP contribution is -2.46. The molecule has 0 aliphatic carbocycles. The molecule has 1 atom stereocenters. The number of amides is 1. The van der Waals surface area contributed by atoms with Crippen LogP contribution in [0.4, 0.5) is 4.39 Å². The highest BCUT2D eigenvalue weighted by Crippen LogP contribution is 2.22. The molecule has 0 N–H and O–H groups in total. The number of benzene rings is 1. The Hall–Kier alpha value is -1.14. The summed E-state index contributed by atoms with van der Waals surface area (Å²) in [6.45, 7) is 3.79. The van der Waals surface area contributed by atoms with Crippen LogP contribution in [-0.4, -0.2) is 43.2 Å². The van der Waals surface area contributed by atoms with Gasteiger partial charge in [-0.15, -0.1) is 0 Å². The Morgan fingerprint density at radius 1 is 1.47 bits per heavy atom. The fourth-order valence-electron chi connectivity index (χ4n) is 1.85. The van der Waals surface area contributed by atoms with Crippen molar-refractivity contribution < 1.29 is 18.7 Å². The van der Waals surface area contributed by atoms with E-state index in [-0.39, 0.29) is 11.7 Å². The van der Waals surface area contributed by atoms with Gasteiger partial charge in [0.05, 0.1) is 13.2 Å². The summed E-state index contributed by atoms with van der Waals surface area (Å²) in [5.74, 6) is -0.557. The smallest absolute Gasteiger partial charge is 0.263 e. The monoisotopic (exact) mass is 331 g/mol. The van der Waals surface area contributed by atoms with Gasteiger partial charge < -0.3 is 14.4 Å². The van der Waals surface area contributed by atoms with E-state index in [1.54, 1.807) is 17.9 Å². The lowest BCUT2D eigenvalue weighted by atomic mass is 10.3. The minimum atomic E-state index is -0.714. The van der Waals surface area contributed by atoms with Gasteiger partial charge in [0.1, 0.15) is 0 Å². The summed E-state index contributed by atoms with van der Waals surface area (Å²) < 4.78 is 24.8. The second-order valence-corrected chi connectivity index (χ2v) is 5.19. The third-order valence-corrected chi connectivity index (χ3v) is 3.36. The van der Waals surface area contributed by atoms with Crippen LogP contribution in [0.5, 0.6) is 5.75 Å². The van der Waals surface area contributed by atoms with Crippen LogP contribution in [0.25, 0.3) is 0 Å². The number of morpholine rings is 1. The zero-order valence-corrected chi connectivity index (χ0v) is 12.2. The summed E-state index contributed by atoms with van der Waals surface area (Å²) in [5, 5.41) is 0. The summed E-state index contributed by atoms with van der Waals surface area (Å²) in [7, 11) is 0. The molecule has 0 aromatic heterocycles. The van der Waals surface area contributed by atoms with Gasteiger partial charge in [-0.1, -0.05) is 15.9 Å². The number of hydrogen-bond acceptors (Lipinski definition) is 3. The van der Waals surface area contributed by atoms with Crippen molar-refractivity contribution in [2.45, 2.75) is 13.0 Å². The van der Waals surface area contributed by atoms with E-state index in [1.807, 2.05) is 0 Å². The number of hydrogen-bond donors (Lipinski definition) is 0. The maximum Gasteiger partial charge on any atom is 0.263 e. The fraction of sp³-hybridized carbons (Fsp3) is 0.462. The van der Waals surface area contributed by atoms with Gasteiger partial charge in [-0.05, 0) is 25.1 Å². The van der Waals surface area contributed by atoms with Crippen LogP contribution in [0.3, 0.4) is 0 Å². The molecule has 1 aliphatic heterocycles. The molecule has 0 unspecified atom stereocenters. The van der Waals surface area contributed by atoms with Crippen LogP contribution in [0.1, 0.15) is 6.92 Å². The van der Waals surface area contributed by atoms with Crippen molar-refractivity contribution >= 4 is 21.8 Å². The molecule has 6 heteroatoms. The van der Waals surface area contributed by atoms with Crippen LogP contribution in [0, 0.1) is 5.82 Å². The zero-order chi connectivity index (χ0) is 13.8. The number of ether oxygens (including phenoxy) is 2. The molecule has 1 fully saturated rings. The molecular formula is C13H15BrFNO3. The lowest BCUT2D eigenvalue weighted by Gasteiger charge is -2.29. The van der Waals surface area contributed by atoms with Gasteiger partial charge in [-0.3, -0.25) is 4.79 Å². The molecule has 2 rings (SSSR count). The van der Waals surface area contributed by atoms with E-state index in [0.29, 0.717) is 30.8 Å². The fourth-order valence-corrected chi connectivity index (χ4v) is 2.19. The first-order chi connectivity index (χ1) is 9.08. The minimum absolute atomic E-state index is 0.0808. The molecule has 0 saturated carbocycles. The van der Waals surface area contributed by atoms with Gasteiger partial charge in [0.15, 0.2) is 17.7 Å².